The highest BCUT2D eigenvalue weighted by Gasteiger charge is 2.22. The van der Waals surface area contributed by atoms with Crippen molar-refractivity contribution in [2.24, 2.45) is 5.73 Å². The topological polar surface area (TPSA) is 131 Å². The fourth-order valence-electron chi connectivity index (χ4n) is 1.35. The molecule has 18 heavy (non-hydrogen) atoms. The van der Waals surface area contributed by atoms with E-state index in [0.29, 0.717) is 0 Å². The summed E-state index contributed by atoms with van der Waals surface area (Å²) < 4.78 is 22.5. The van der Waals surface area contributed by atoms with E-state index in [0.717, 1.165) is 12.3 Å². The molecule has 0 aromatic carbocycles. The van der Waals surface area contributed by atoms with E-state index in [-0.39, 0.29) is 10.6 Å². The van der Waals surface area contributed by atoms with Gasteiger partial charge in [0.05, 0.1) is 12.5 Å². The molecular formula is C10H14N2O5S. The molecule has 7 nitrogen and oxygen atoms in total. The number of hydrogen-bond donors (Lipinski definition) is 3. The molecule has 2 unspecified atom stereocenters. The van der Waals surface area contributed by atoms with Crippen LogP contribution < -0.4 is 5.73 Å². The fourth-order valence-corrected chi connectivity index (χ4v) is 1.95. The summed E-state index contributed by atoms with van der Waals surface area (Å²) in [6.45, 7) is 0. The molecule has 8 heteroatoms. The number of amides is 1. The third-order valence-corrected chi connectivity index (χ3v) is 3.24. The average Bonchev–Trinajstić information content (AvgIpc) is 2.26. The smallest absolute Gasteiger partial charge is 0.220 e. The first kappa shape index (κ1) is 14.6. The maximum Gasteiger partial charge on any atom is 0.220 e. The summed E-state index contributed by atoms with van der Waals surface area (Å²) in [6.07, 6.45) is -1.03. The van der Waals surface area contributed by atoms with Crippen LogP contribution in [0.5, 0.6) is 0 Å². The van der Waals surface area contributed by atoms with Crippen molar-refractivity contribution in [2.75, 3.05) is 6.26 Å². The summed E-state index contributed by atoms with van der Waals surface area (Å²) in [5.41, 5.74) is 5.04. The lowest BCUT2D eigenvalue weighted by Crippen LogP contribution is -2.25. The number of rotatable bonds is 5. The first-order chi connectivity index (χ1) is 8.21. The highest BCUT2D eigenvalue weighted by atomic mass is 32.2. The molecule has 2 atom stereocenters. The third kappa shape index (κ3) is 3.76. The molecule has 0 aliphatic rings. The van der Waals surface area contributed by atoms with Gasteiger partial charge in [-0.25, -0.2) is 13.4 Å². The lowest BCUT2D eigenvalue weighted by Gasteiger charge is -2.16. The van der Waals surface area contributed by atoms with Gasteiger partial charge in [0.25, 0.3) is 0 Å². The maximum atomic E-state index is 11.3. The number of nitrogens with zero attached hydrogens (tertiary/aromatic N) is 1. The summed E-state index contributed by atoms with van der Waals surface area (Å²) in [5.74, 6) is -0.765. The second-order valence-electron chi connectivity index (χ2n) is 3.88. The average molecular weight is 274 g/mol. The van der Waals surface area contributed by atoms with Gasteiger partial charge in [0.1, 0.15) is 6.10 Å². The highest BCUT2D eigenvalue weighted by Crippen LogP contribution is 2.20. The Balaban J connectivity index is 3.00. The van der Waals surface area contributed by atoms with Crippen molar-refractivity contribution in [3.05, 3.63) is 23.9 Å². The molecule has 0 spiro atoms. The number of aromatic nitrogens is 1. The van der Waals surface area contributed by atoms with Crippen molar-refractivity contribution in [2.45, 2.75) is 23.7 Å². The van der Waals surface area contributed by atoms with Crippen LogP contribution >= 0.6 is 0 Å². The Labute approximate surface area is 104 Å². The Morgan fingerprint density at radius 2 is 2.11 bits per heavy atom. The molecule has 0 fully saturated rings. The van der Waals surface area contributed by atoms with Crippen molar-refractivity contribution in [1.29, 1.82) is 0 Å². The lowest BCUT2D eigenvalue weighted by atomic mass is 10.0. The van der Waals surface area contributed by atoms with E-state index in [9.17, 15) is 23.4 Å². The monoisotopic (exact) mass is 274 g/mol. The minimum Gasteiger partial charge on any atom is -0.390 e. The Bertz CT molecular complexity index is 543. The molecule has 1 rings (SSSR count). The zero-order valence-electron chi connectivity index (χ0n) is 9.65. The van der Waals surface area contributed by atoms with Gasteiger partial charge in [-0.3, -0.25) is 4.79 Å². The van der Waals surface area contributed by atoms with Gasteiger partial charge in [0.2, 0.25) is 5.91 Å². The number of nitrogens with two attached hydrogens (primary N) is 1. The molecule has 0 aliphatic carbocycles. The highest BCUT2D eigenvalue weighted by molar-refractivity contribution is 7.90. The van der Waals surface area contributed by atoms with E-state index in [2.05, 4.69) is 4.98 Å². The number of carbonyl (C=O) groups is 1. The van der Waals surface area contributed by atoms with Crippen LogP contribution in [0.25, 0.3) is 0 Å². The normalized spacial score (nSPS) is 15.1. The molecule has 0 bridgehead atoms. The first-order valence-corrected chi connectivity index (χ1v) is 6.91. The molecule has 100 valence electrons. The summed E-state index contributed by atoms with van der Waals surface area (Å²) in [5, 5.41) is 19.0. The molecule has 0 saturated carbocycles. The van der Waals surface area contributed by atoms with Gasteiger partial charge in [-0.05, 0) is 17.7 Å². The van der Waals surface area contributed by atoms with Gasteiger partial charge in [-0.15, -0.1) is 0 Å². The minimum absolute atomic E-state index is 0.152. The molecule has 1 aromatic heterocycles. The summed E-state index contributed by atoms with van der Waals surface area (Å²) >= 11 is 0. The molecular weight excluding hydrogens is 260 g/mol. The van der Waals surface area contributed by atoms with Gasteiger partial charge in [0, 0.05) is 12.5 Å². The Kier molecular flexibility index (Phi) is 4.38. The molecule has 0 aliphatic heterocycles. The van der Waals surface area contributed by atoms with E-state index >= 15 is 0 Å². The van der Waals surface area contributed by atoms with Crippen molar-refractivity contribution in [1.82, 2.24) is 4.98 Å². The number of aliphatic hydroxyl groups is 2. The van der Waals surface area contributed by atoms with E-state index in [1.807, 2.05) is 0 Å². The zero-order chi connectivity index (χ0) is 13.9. The van der Waals surface area contributed by atoms with Gasteiger partial charge < -0.3 is 15.9 Å². The van der Waals surface area contributed by atoms with Crippen LogP contribution in [0, 0.1) is 0 Å². The number of primary amides is 1. The molecule has 0 radical (unpaired) electrons. The number of pyridine rings is 1. The number of sulfone groups is 1. The summed E-state index contributed by atoms with van der Waals surface area (Å²) in [4.78, 5) is 14.3. The quantitative estimate of drug-likeness (QED) is 0.615. The largest absolute Gasteiger partial charge is 0.390 e. The van der Waals surface area contributed by atoms with Crippen LogP contribution in [-0.2, 0) is 14.6 Å². The van der Waals surface area contributed by atoms with Crippen LogP contribution in [0.4, 0.5) is 0 Å². The van der Waals surface area contributed by atoms with E-state index in [1.54, 1.807) is 0 Å². The van der Waals surface area contributed by atoms with Crippen LogP contribution in [0.2, 0.25) is 0 Å². The molecule has 0 saturated heterocycles. The molecule has 4 N–H and O–H groups in total. The van der Waals surface area contributed by atoms with Gasteiger partial charge in [-0.1, -0.05) is 0 Å². The van der Waals surface area contributed by atoms with Crippen LogP contribution in [0.1, 0.15) is 18.1 Å². The summed E-state index contributed by atoms with van der Waals surface area (Å²) in [6, 6.07) is 2.49. The SMILES string of the molecule is CS(=O)(=O)c1cc(C(O)C(O)CC(N)=O)ccn1. The van der Waals surface area contributed by atoms with E-state index in [1.165, 1.54) is 12.3 Å². The van der Waals surface area contributed by atoms with E-state index < -0.39 is 34.4 Å². The number of aliphatic hydroxyl groups excluding tert-OH is 2. The van der Waals surface area contributed by atoms with Gasteiger partial charge in [-0.2, -0.15) is 0 Å². The second-order valence-corrected chi connectivity index (χ2v) is 5.84. The maximum absolute atomic E-state index is 11.3. The Hall–Kier alpha value is -1.51. The predicted molar refractivity (Wildman–Crippen MR) is 62.1 cm³/mol. The van der Waals surface area contributed by atoms with Gasteiger partial charge >= 0.3 is 0 Å². The van der Waals surface area contributed by atoms with Gasteiger partial charge in [0.15, 0.2) is 14.9 Å². The van der Waals surface area contributed by atoms with Crippen LogP contribution in [0.3, 0.4) is 0 Å². The van der Waals surface area contributed by atoms with Crippen molar-refractivity contribution in [3.8, 4) is 0 Å². The summed E-state index contributed by atoms with van der Waals surface area (Å²) in [7, 11) is -3.50. The third-order valence-electron chi connectivity index (χ3n) is 2.26. The first-order valence-electron chi connectivity index (χ1n) is 5.02. The van der Waals surface area contributed by atoms with Crippen molar-refractivity contribution >= 4 is 15.7 Å². The molecule has 1 heterocycles. The van der Waals surface area contributed by atoms with Crippen LogP contribution in [-0.4, -0.2) is 41.9 Å². The Morgan fingerprint density at radius 1 is 1.50 bits per heavy atom. The number of hydrogen-bond acceptors (Lipinski definition) is 6. The minimum atomic E-state index is -3.50. The zero-order valence-corrected chi connectivity index (χ0v) is 10.5. The standard InChI is InChI=1S/C10H14N2O5S/c1-18(16,17)9-4-6(2-3-12-9)10(15)7(13)5-8(11)14/h2-4,7,10,13,15H,5H2,1H3,(H2,11,14). The fraction of sp³-hybridized carbons (Fsp3) is 0.400. The molecule has 1 aromatic rings. The Morgan fingerprint density at radius 3 is 2.61 bits per heavy atom. The van der Waals surface area contributed by atoms with Crippen molar-refractivity contribution < 1.29 is 23.4 Å². The van der Waals surface area contributed by atoms with Crippen molar-refractivity contribution in [3.63, 3.8) is 0 Å². The second kappa shape index (κ2) is 5.42. The van der Waals surface area contributed by atoms with Crippen LogP contribution in [0.15, 0.2) is 23.4 Å². The van der Waals surface area contributed by atoms with E-state index in [4.69, 9.17) is 5.73 Å². The number of carbonyl (C=O) groups excluding carboxylic acids is 1. The molecule has 1 amide bonds. The lowest BCUT2D eigenvalue weighted by molar-refractivity contribution is -0.121. The predicted octanol–water partition coefficient (Wildman–Crippen LogP) is -1.25.